The number of rotatable bonds is 15. The van der Waals surface area contributed by atoms with E-state index in [-0.39, 0.29) is 37.5 Å². The third-order valence-corrected chi connectivity index (χ3v) is 4.92. The van der Waals surface area contributed by atoms with Crippen LogP contribution in [0.3, 0.4) is 0 Å². The van der Waals surface area contributed by atoms with Crippen LogP contribution in [0.5, 0.6) is 5.75 Å². The van der Waals surface area contributed by atoms with Crippen molar-refractivity contribution in [2.24, 2.45) is 22.2 Å². The number of nitrogens with one attached hydrogen (secondary N) is 3. The van der Waals surface area contributed by atoms with Gasteiger partial charge in [-0.2, -0.15) is 0 Å². The molecule has 1 aromatic carbocycles. The summed E-state index contributed by atoms with van der Waals surface area (Å²) in [5, 5.41) is 44.4. The van der Waals surface area contributed by atoms with E-state index < -0.39 is 61.1 Å². The van der Waals surface area contributed by atoms with Gasteiger partial charge in [-0.15, -0.1) is 0 Å². The van der Waals surface area contributed by atoms with Gasteiger partial charge < -0.3 is 53.6 Å². The Labute approximate surface area is 206 Å². The van der Waals surface area contributed by atoms with E-state index in [1.165, 1.54) is 24.3 Å². The molecule has 15 nitrogen and oxygen atoms in total. The lowest BCUT2D eigenvalue weighted by Gasteiger charge is -2.24. The summed E-state index contributed by atoms with van der Waals surface area (Å²) in [5.41, 5.74) is 16.5. The molecule has 15 heteroatoms. The Bertz CT molecular complexity index is 921. The number of nitrogens with zero attached hydrogens (tertiary/aromatic N) is 1. The molecule has 0 saturated heterocycles. The molecule has 3 amide bonds. The summed E-state index contributed by atoms with van der Waals surface area (Å²) in [6.45, 7) is -1.41. The Balaban J connectivity index is 2.89. The first-order chi connectivity index (χ1) is 17.0. The molecular formula is C21H33N7O8. The number of phenols is 1. The molecule has 0 fully saturated rings. The highest BCUT2D eigenvalue weighted by Gasteiger charge is 2.30. The summed E-state index contributed by atoms with van der Waals surface area (Å²) in [4.78, 5) is 52.9. The van der Waals surface area contributed by atoms with E-state index in [9.17, 15) is 34.5 Å². The lowest BCUT2D eigenvalue weighted by atomic mass is 10.1. The number of carboxylic acid groups (broad SMARTS) is 1. The zero-order valence-electron chi connectivity index (χ0n) is 19.5. The van der Waals surface area contributed by atoms with E-state index in [0.29, 0.717) is 5.56 Å². The summed E-state index contributed by atoms with van der Waals surface area (Å²) in [7, 11) is 0. The fourth-order valence-corrected chi connectivity index (χ4v) is 2.94. The summed E-state index contributed by atoms with van der Waals surface area (Å²) in [6.07, 6.45) is 0.134. The number of aliphatic hydroxyl groups is 2. The molecule has 0 aromatic heterocycles. The molecule has 0 aliphatic heterocycles. The van der Waals surface area contributed by atoms with Gasteiger partial charge >= 0.3 is 5.97 Å². The predicted octanol–water partition coefficient (Wildman–Crippen LogP) is -4.16. The van der Waals surface area contributed by atoms with Crippen LogP contribution in [0.2, 0.25) is 0 Å². The molecule has 4 unspecified atom stereocenters. The zero-order chi connectivity index (χ0) is 27.3. The van der Waals surface area contributed by atoms with Crippen molar-refractivity contribution in [3.63, 3.8) is 0 Å². The molecule has 0 radical (unpaired) electrons. The average Bonchev–Trinajstić information content (AvgIpc) is 2.83. The van der Waals surface area contributed by atoms with E-state index in [1.54, 1.807) is 0 Å². The predicted molar refractivity (Wildman–Crippen MR) is 127 cm³/mol. The number of carbonyl (C=O) groups is 4. The topological polar surface area (TPSA) is 276 Å². The second-order valence-electron chi connectivity index (χ2n) is 7.81. The first-order valence-electron chi connectivity index (χ1n) is 10.9. The van der Waals surface area contributed by atoms with Crippen LogP contribution in [0.25, 0.3) is 0 Å². The van der Waals surface area contributed by atoms with Gasteiger partial charge in [0, 0.05) is 13.0 Å². The largest absolute Gasteiger partial charge is 0.508 e. The number of guanidine groups is 1. The standard InChI is InChI=1S/C21H33N7O8/c22-13(9-29)17(32)26-14(2-1-7-25-21(23)24)18(33)28-16(10-30)19(34)27-15(20(35)36)8-11-3-5-12(31)6-4-11/h3-6,13-16,29-31H,1-2,7-10,22H2,(H,26,32)(H,27,34)(H,28,33)(H,35,36)(H4,23,24,25). The van der Waals surface area contributed by atoms with Gasteiger partial charge in [-0.3, -0.25) is 19.4 Å². The van der Waals surface area contributed by atoms with Crippen LogP contribution in [0.4, 0.5) is 0 Å². The number of carbonyl (C=O) groups excluding carboxylic acids is 3. The lowest BCUT2D eigenvalue weighted by molar-refractivity contribution is -0.142. The second kappa shape index (κ2) is 15.1. The monoisotopic (exact) mass is 511 g/mol. The summed E-state index contributed by atoms with van der Waals surface area (Å²) >= 11 is 0. The third-order valence-electron chi connectivity index (χ3n) is 4.92. The van der Waals surface area contributed by atoms with Crippen LogP contribution in [-0.2, 0) is 25.6 Å². The molecule has 13 N–H and O–H groups in total. The molecule has 0 heterocycles. The molecule has 0 aliphatic carbocycles. The van der Waals surface area contributed by atoms with Crippen molar-refractivity contribution in [2.75, 3.05) is 19.8 Å². The lowest BCUT2D eigenvalue weighted by Crippen LogP contribution is -2.58. The molecule has 1 rings (SSSR count). The van der Waals surface area contributed by atoms with Gasteiger partial charge in [-0.05, 0) is 30.5 Å². The van der Waals surface area contributed by atoms with E-state index >= 15 is 0 Å². The van der Waals surface area contributed by atoms with Gasteiger partial charge in [0.15, 0.2) is 5.96 Å². The summed E-state index contributed by atoms with van der Waals surface area (Å²) in [6, 6.07) is 0.219. The smallest absolute Gasteiger partial charge is 0.326 e. The Morgan fingerprint density at radius 1 is 0.861 bits per heavy atom. The number of aliphatic imine (C=N–C) groups is 1. The average molecular weight is 512 g/mol. The number of hydrogen-bond acceptors (Lipinski definition) is 9. The van der Waals surface area contributed by atoms with Crippen LogP contribution in [0, 0.1) is 0 Å². The minimum absolute atomic E-state index is 0.0161. The third kappa shape index (κ3) is 10.5. The number of amides is 3. The van der Waals surface area contributed by atoms with Crippen LogP contribution >= 0.6 is 0 Å². The van der Waals surface area contributed by atoms with E-state index in [0.717, 1.165) is 0 Å². The number of hydrogen-bond donors (Lipinski definition) is 10. The normalized spacial score (nSPS) is 14.0. The number of phenolic OH excluding ortho intramolecular Hbond substituents is 1. The Morgan fingerprint density at radius 2 is 1.42 bits per heavy atom. The number of carboxylic acids is 1. The van der Waals surface area contributed by atoms with Gasteiger partial charge in [-0.25, -0.2) is 4.79 Å². The highest BCUT2D eigenvalue weighted by atomic mass is 16.4. The van der Waals surface area contributed by atoms with Crippen LogP contribution in [-0.4, -0.2) is 94.0 Å². The molecule has 36 heavy (non-hydrogen) atoms. The molecule has 200 valence electrons. The van der Waals surface area contributed by atoms with Crippen molar-refractivity contribution in [3.05, 3.63) is 29.8 Å². The van der Waals surface area contributed by atoms with E-state index in [1.807, 2.05) is 0 Å². The minimum atomic E-state index is -1.54. The Hall–Kier alpha value is -3.95. The van der Waals surface area contributed by atoms with Crippen molar-refractivity contribution in [3.8, 4) is 5.75 Å². The van der Waals surface area contributed by atoms with Gasteiger partial charge in [0.1, 0.15) is 29.9 Å². The first kappa shape index (κ1) is 30.1. The first-order valence-corrected chi connectivity index (χ1v) is 10.9. The molecule has 0 aliphatic rings. The maximum absolute atomic E-state index is 12.8. The zero-order valence-corrected chi connectivity index (χ0v) is 19.5. The SMILES string of the molecule is NC(N)=NCCCC(NC(=O)C(N)CO)C(=O)NC(CO)C(=O)NC(Cc1ccc(O)cc1)C(=O)O. The molecule has 1 aromatic rings. The van der Waals surface area contributed by atoms with E-state index in [2.05, 4.69) is 20.9 Å². The van der Waals surface area contributed by atoms with Crippen LogP contribution < -0.4 is 33.2 Å². The molecule has 0 saturated carbocycles. The number of benzene rings is 1. The number of aliphatic carboxylic acids is 1. The maximum Gasteiger partial charge on any atom is 0.326 e. The van der Waals surface area contributed by atoms with Crippen molar-refractivity contribution >= 4 is 29.7 Å². The quantitative estimate of drug-likeness (QED) is 0.0612. The van der Waals surface area contributed by atoms with Gasteiger partial charge in [0.25, 0.3) is 0 Å². The number of nitrogens with two attached hydrogens (primary N) is 3. The van der Waals surface area contributed by atoms with Crippen LogP contribution in [0.15, 0.2) is 29.3 Å². The van der Waals surface area contributed by atoms with Gasteiger partial charge in [-0.1, -0.05) is 12.1 Å². The highest BCUT2D eigenvalue weighted by Crippen LogP contribution is 2.11. The van der Waals surface area contributed by atoms with E-state index in [4.69, 9.17) is 22.3 Å². The maximum atomic E-state index is 12.8. The van der Waals surface area contributed by atoms with Gasteiger partial charge in [0.2, 0.25) is 17.7 Å². The van der Waals surface area contributed by atoms with Crippen LogP contribution in [0.1, 0.15) is 18.4 Å². The molecule has 0 bridgehead atoms. The number of aliphatic hydroxyl groups excluding tert-OH is 2. The molecule has 0 spiro atoms. The van der Waals surface area contributed by atoms with Crippen molar-refractivity contribution < 1.29 is 39.6 Å². The molecular weight excluding hydrogens is 478 g/mol. The number of aromatic hydroxyl groups is 1. The molecule has 4 atom stereocenters. The summed E-state index contributed by atoms with van der Waals surface area (Å²) in [5.74, 6) is -4.21. The van der Waals surface area contributed by atoms with Gasteiger partial charge in [0.05, 0.1) is 13.2 Å². The fraction of sp³-hybridized carbons (Fsp3) is 0.476. The van der Waals surface area contributed by atoms with Crippen molar-refractivity contribution in [2.45, 2.75) is 43.4 Å². The fourth-order valence-electron chi connectivity index (χ4n) is 2.94. The Kier molecular flexibility index (Phi) is 12.6. The second-order valence-corrected chi connectivity index (χ2v) is 7.81. The van der Waals surface area contributed by atoms with Crippen molar-refractivity contribution in [1.29, 1.82) is 0 Å². The highest BCUT2D eigenvalue weighted by molar-refractivity contribution is 5.94. The summed E-state index contributed by atoms with van der Waals surface area (Å²) < 4.78 is 0. The minimum Gasteiger partial charge on any atom is -0.508 e. The Morgan fingerprint density at radius 3 is 1.94 bits per heavy atom. The van der Waals surface area contributed by atoms with Crippen molar-refractivity contribution in [1.82, 2.24) is 16.0 Å².